The van der Waals surface area contributed by atoms with Crippen LogP contribution in [0.25, 0.3) is 0 Å². The zero-order chi connectivity index (χ0) is 16.8. The molecule has 2 aliphatic carbocycles. The van der Waals surface area contributed by atoms with Crippen molar-refractivity contribution >= 4 is 18.0 Å². The van der Waals surface area contributed by atoms with Crippen molar-refractivity contribution in [3.05, 3.63) is 42.0 Å². The number of carbonyl (C=O) groups is 2. The molecule has 3 aliphatic rings. The minimum Gasteiger partial charge on any atom is -0.491 e. The van der Waals surface area contributed by atoms with Gasteiger partial charge >= 0.3 is 0 Å². The summed E-state index contributed by atoms with van der Waals surface area (Å²) >= 11 is 0. The fourth-order valence-electron chi connectivity index (χ4n) is 4.03. The van der Waals surface area contributed by atoms with Gasteiger partial charge in [0, 0.05) is 0 Å². The van der Waals surface area contributed by atoms with Gasteiger partial charge < -0.3 is 4.74 Å². The molecule has 1 aromatic rings. The molecule has 1 heterocycles. The number of imide groups is 1. The first kappa shape index (κ1) is 15.1. The molecule has 1 saturated heterocycles. The Balaban J connectivity index is 1.48. The molecule has 24 heavy (non-hydrogen) atoms. The minimum absolute atomic E-state index is 0.118. The van der Waals surface area contributed by atoms with Crippen molar-refractivity contribution < 1.29 is 14.3 Å². The summed E-state index contributed by atoms with van der Waals surface area (Å²) in [6, 6.07) is 7.43. The average Bonchev–Trinajstić information content (AvgIpc) is 3.22. The monoisotopic (exact) mass is 324 g/mol. The second kappa shape index (κ2) is 5.58. The van der Waals surface area contributed by atoms with Crippen LogP contribution in [0.3, 0.4) is 0 Å². The van der Waals surface area contributed by atoms with E-state index in [0.717, 1.165) is 22.7 Å². The molecule has 124 valence electrons. The lowest BCUT2D eigenvalue weighted by atomic mass is 9.85. The number of fused-ring (bicyclic) bond motifs is 5. The van der Waals surface area contributed by atoms with Gasteiger partial charge in [-0.25, -0.2) is 0 Å². The van der Waals surface area contributed by atoms with E-state index in [-0.39, 0.29) is 41.6 Å². The summed E-state index contributed by atoms with van der Waals surface area (Å²) in [7, 11) is 0. The number of benzene rings is 1. The third-order valence-electron chi connectivity index (χ3n) is 5.02. The topological polar surface area (TPSA) is 59.0 Å². The van der Waals surface area contributed by atoms with Crippen molar-refractivity contribution in [3.63, 3.8) is 0 Å². The summed E-state index contributed by atoms with van der Waals surface area (Å²) in [5.41, 5.74) is 0.824. The second-order valence-electron chi connectivity index (χ2n) is 6.97. The van der Waals surface area contributed by atoms with Crippen LogP contribution in [0.2, 0.25) is 0 Å². The Kier molecular flexibility index (Phi) is 3.52. The van der Waals surface area contributed by atoms with Gasteiger partial charge in [0.05, 0.1) is 24.2 Å². The maximum absolute atomic E-state index is 12.5. The molecule has 5 heteroatoms. The van der Waals surface area contributed by atoms with Gasteiger partial charge in [0.25, 0.3) is 11.8 Å². The van der Waals surface area contributed by atoms with Crippen molar-refractivity contribution in [2.24, 2.45) is 28.8 Å². The largest absolute Gasteiger partial charge is 0.491 e. The highest BCUT2D eigenvalue weighted by Gasteiger charge is 2.59. The van der Waals surface area contributed by atoms with Crippen LogP contribution < -0.4 is 4.74 Å². The zero-order valence-corrected chi connectivity index (χ0v) is 13.8. The molecule has 2 fully saturated rings. The number of nitrogens with zero attached hydrogens (tertiary/aromatic N) is 2. The molecule has 1 saturated carbocycles. The molecule has 4 atom stereocenters. The van der Waals surface area contributed by atoms with Gasteiger partial charge in [0.15, 0.2) is 0 Å². The highest BCUT2D eigenvalue weighted by molar-refractivity contribution is 6.06. The van der Waals surface area contributed by atoms with Crippen LogP contribution in [-0.2, 0) is 9.59 Å². The van der Waals surface area contributed by atoms with E-state index in [1.807, 2.05) is 38.1 Å². The van der Waals surface area contributed by atoms with E-state index in [1.165, 1.54) is 0 Å². The van der Waals surface area contributed by atoms with Gasteiger partial charge in [-0.05, 0) is 61.9 Å². The molecule has 5 nitrogen and oxygen atoms in total. The first-order valence-electron chi connectivity index (χ1n) is 8.41. The molecular formula is C19H20N2O3. The predicted molar refractivity (Wildman–Crippen MR) is 89.4 cm³/mol. The van der Waals surface area contributed by atoms with Crippen molar-refractivity contribution in [1.29, 1.82) is 0 Å². The van der Waals surface area contributed by atoms with E-state index in [4.69, 9.17) is 4.74 Å². The van der Waals surface area contributed by atoms with Gasteiger partial charge in [0.2, 0.25) is 0 Å². The van der Waals surface area contributed by atoms with E-state index in [9.17, 15) is 9.59 Å². The van der Waals surface area contributed by atoms with Crippen LogP contribution >= 0.6 is 0 Å². The molecule has 1 aliphatic heterocycles. The Morgan fingerprint density at radius 1 is 1.08 bits per heavy atom. The average molecular weight is 324 g/mol. The number of hydrogen-bond acceptors (Lipinski definition) is 4. The first-order chi connectivity index (χ1) is 11.5. The molecular weight excluding hydrogens is 304 g/mol. The molecule has 2 amide bonds. The lowest BCUT2D eigenvalue weighted by Gasteiger charge is -2.13. The first-order valence-corrected chi connectivity index (χ1v) is 8.41. The number of hydrazone groups is 1. The Labute approximate surface area is 141 Å². The van der Waals surface area contributed by atoms with Gasteiger partial charge in [0.1, 0.15) is 5.75 Å². The molecule has 0 aromatic heterocycles. The quantitative estimate of drug-likeness (QED) is 0.486. The van der Waals surface area contributed by atoms with E-state index >= 15 is 0 Å². The van der Waals surface area contributed by atoms with Crippen LogP contribution in [0.4, 0.5) is 0 Å². The maximum atomic E-state index is 12.5. The van der Waals surface area contributed by atoms with E-state index in [0.29, 0.717) is 0 Å². The number of rotatable bonds is 4. The highest BCUT2D eigenvalue weighted by atomic mass is 16.5. The number of amides is 2. The summed E-state index contributed by atoms with van der Waals surface area (Å²) in [4.78, 5) is 25.0. The number of hydrogen-bond donors (Lipinski definition) is 0. The van der Waals surface area contributed by atoms with E-state index in [1.54, 1.807) is 6.21 Å². The van der Waals surface area contributed by atoms with Gasteiger partial charge in [-0.3, -0.25) is 9.59 Å². The fraction of sp³-hybridized carbons (Fsp3) is 0.421. The predicted octanol–water partition coefficient (Wildman–Crippen LogP) is 2.61. The molecule has 1 aromatic carbocycles. The third kappa shape index (κ3) is 2.35. The van der Waals surface area contributed by atoms with Crippen LogP contribution in [-0.4, -0.2) is 29.1 Å². The molecule has 0 spiro atoms. The Hall–Kier alpha value is -2.43. The summed E-state index contributed by atoms with van der Waals surface area (Å²) < 4.78 is 5.59. The van der Waals surface area contributed by atoms with Gasteiger partial charge in [-0.1, -0.05) is 12.2 Å². The summed E-state index contributed by atoms with van der Waals surface area (Å²) in [6.45, 7) is 3.94. The van der Waals surface area contributed by atoms with Crippen molar-refractivity contribution in [2.75, 3.05) is 0 Å². The van der Waals surface area contributed by atoms with Gasteiger partial charge in [-0.2, -0.15) is 10.1 Å². The Bertz CT molecular complexity index is 705. The molecule has 4 rings (SSSR count). The SMILES string of the molecule is CC(C)Oc1ccc(C=NN2C(=O)C3C4C=CC(C4)C3C2=O)cc1. The molecule has 4 unspecified atom stereocenters. The number of allylic oxidation sites excluding steroid dienone is 2. The van der Waals surface area contributed by atoms with Crippen LogP contribution in [0, 0.1) is 23.7 Å². The summed E-state index contributed by atoms with van der Waals surface area (Å²) in [5, 5.41) is 5.24. The fourth-order valence-corrected chi connectivity index (χ4v) is 4.03. The summed E-state index contributed by atoms with van der Waals surface area (Å²) in [6.07, 6.45) is 6.77. The summed E-state index contributed by atoms with van der Waals surface area (Å²) in [5.74, 6) is 0.495. The minimum atomic E-state index is -0.202. The highest BCUT2D eigenvalue weighted by Crippen LogP contribution is 2.52. The Morgan fingerprint density at radius 2 is 1.67 bits per heavy atom. The van der Waals surface area contributed by atoms with E-state index in [2.05, 4.69) is 17.3 Å². The second-order valence-corrected chi connectivity index (χ2v) is 6.97. The van der Waals surface area contributed by atoms with Crippen LogP contribution in [0.5, 0.6) is 5.75 Å². The van der Waals surface area contributed by atoms with Crippen LogP contribution in [0.1, 0.15) is 25.8 Å². The van der Waals surface area contributed by atoms with Crippen LogP contribution in [0.15, 0.2) is 41.5 Å². The van der Waals surface area contributed by atoms with Crippen molar-refractivity contribution in [1.82, 2.24) is 5.01 Å². The van der Waals surface area contributed by atoms with Gasteiger partial charge in [-0.15, -0.1) is 0 Å². The smallest absolute Gasteiger partial charge is 0.254 e. The van der Waals surface area contributed by atoms with Crippen molar-refractivity contribution in [2.45, 2.75) is 26.4 Å². The number of ether oxygens (including phenoxy) is 1. The van der Waals surface area contributed by atoms with E-state index < -0.39 is 0 Å². The Morgan fingerprint density at radius 3 is 2.21 bits per heavy atom. The molecule has 0 radical (unpaired) electrons. The normalized spacial score (nSPS) is 30.9. The molecule has 0 N–H and O–H groups in total. The third-order valence-corrected chi connectivity index (χ3v) is 5.02. The lowest BCUT2D eigenvalue weighted by Crippen LogP contribution is -2.28. The molecule has 2 bridgehead atoms. The lowest BCUT2D eigenvalue weighted by molar-refractivity contribution is -0.140. The van der Waals surface area contributed by atoms with Crippen molar-refractivity contribution in [3.8, 4) is 5.75 Å². The maximum Gasteiger partial charge on any atom is 0.254 e. The zero-order valence-electron chi connectivity index (χ0n) is 13.8. The number of carbonyl (C=O) groups excluding carboxylic acids is 2. The standard InChI is InChI=1S/C19H20N2O3/c1-11(2)24-15-7-3-12(4-8-15)10-20-21-18(22)16-13-5-6-14(9-13)17(16)19(21)23/h3-8,10-11,13-14,16-17H,9H2,1-2H3.